The number of Topliss-reactive ketones (excluding diaryl/α,β-unsaturated/α-hetero) is 1. The lowest BCUT2D eigenvalue weighted by atomic mass is 10.00. The van der Waals surface area contributed by atoms with Crippen LogP contribution in [0.15, 0.2) is 24.3 Å². The van der Waals surface area contributed by atoms with Crippen molar-refractivity contribution >= 4 is 17.5 Å². The molecule has 1 aliphatic rings. The molecule has 0 amide bonds. The number of carbonyl (C=O) groups is 1. The molecule has 1 fully saturated rings. The van der Waals surface area contributed by atoms with Gasteiger partial charge in [-0.05, 0) is 25.1 Å². The van der Waals surface area contributed by atoms with Crippen LogP contribution in [0.5, 0.6) is 0 Å². The molecule has 0 bridgehead atoms. The van der Waals surface area contributed by atoms with Gasteiger partial charge in [-0.25, -0.2) is 0 Å². The Balaban J connectivity index is 2.03. The summed E-state index contributed by atoms with van der Waals surface area (Å²) in [6.07, 6.45) is 0.572. The molecule has 1 aliphatic heterocycles. The molecule has 0 spiro atoms. The van der Waals surface area contributed by atoms with Crippen LogP contribution in [-0.2, 0) is 11.2 Å². The van der Waals surface area contributed by atoms with Gasteiger partial charge in [-0.1, -0.05) is 24.3 Å². The van der Waals surface area contributed by atoms with Crippen LogP contribution in [0.2, 0.25) is 0 Å². The summed E-state index contributed by atoms with van der Waals surface area (Å²) in [5, 5.41) is 0. The third-order valence-electron chi connectivity index (χ3n) is 3.39. The van der Waals surface area contributed by atoms with Gasteiger partial charge < -0.3 is 0 Å². The highest BCUT2D eigenvalue weighted by molar-refractivity contribution is 7.99. The monoisotopic (exact) mass is 249 g/mol. The molecule has 1 atom stereocenters. The molecular weight excluding hydrogens is 230 g/mol. The van der Waals surface area contributed by atoms with Crippen LogP contribution in [0.25, 0.3) is 0 Å². The fourth-order valence-electron chi connectivity index (χ4n) is 2.14. The maximum Gasteiger partial charge on any atom is 0.155 e. The molecule has 0 N–H and O–H groups in total. The predicted octanol–water partition coefficient (Wildman–Crippen LogP) is 2.15. The first-order valence-corrected chi connectivity index (χ1v) is 7.19. The number of benzene rings is 1. The zero-order valence-corrected chi connectivity index (χ0v) is 11.3. The van der Waals surface area contributed by atoms with E-state index in [0.29, 0.717) is 12.2 Å². The summed E-state index contributed by atoms with van der Waals surface area (Å²) < 4.78 is 0. The van der Waals surface area contributed by atoms with Crippen molar-refractivity contribution in [2.75, 3.05) is 25.1 Å². The molecule has 2 nitrogen and oxygen atoms in total. The van der Waals surface area contributed by atoms with Gasteiger partial charge in [-0.3, -0.25) is 9.69 Å². The molecule has 1 heterocycles. The SMILES string of the molecule is Cc1ccccc1CC(=O)C1CSCCN1C. The number of likely N-dealkylation sites (N-methyl/N-ethyl adjacent to an activating group) is 1. The number of thioether (sulfide) groups is 1. The second-order valence-corrected chi connectivity index (χ2v) is 5.79. The number of nitrogens with zero attached hydrogens (tertiary/aromatic N) is 1. The lowest BCUT2D eigenvalue weighted by Gasteiger charge is -2.31. The Labute approximate surface area is 107 Å². The van der Waals surface area contributed by atoms with E-state index in [-0.39, 0.29) is 6.04 Å². The number of ketones is 1. The van der Waals surface area contributed by atoms with Crippen molar-refractivity contribution in [3.63, 3.8) is 0 Å². The molecule has 1 aromatic rings. The van der Waals surface area contributed by atoms with Gasteiger partial charge in [-0.2, -0.15) is 11.8 Å². The van der Waals surface area contributed by atoms with Gasteiger partial charge in [-0.15, -0.1) is 0 Å². The molecule has 17 heavy (non-hydrogen) atoms. The minimum absolute atomic E-state index is 0.105. The maximum absolute atomic E-state index is 12.3. The van der Waals surface area contributed by atoms with E-state index in [0.717, 1.165) is 18.1 Å². The van der Waals surface area contributed by atoms with Crippen LogP contribution in [-0.4, -0.2) is 41.8 Å². The zero-order valence-electron chi connectivity index (χ0n) is 10.5. The first-order chi connectivity index (χ1) is 8.18. The van der Waals surface area contributed by atoms with Gasteiger partial charge in [0.05, 0.1) is 6.04 Å². The Bertz CT molecular complexity index is 405. The number of carbonyl (C=O) groups excluding carboxylic acids is 1. The molecule has 0 aromatic heterocycles. The van der Waals surface area contributed by atoms with E-state index >= 15 is 0 Å². The third-order valence-corrected chi connectivity index (χ3v) is 4.42. The van der Waals surface area contributed by atoms with Crippen LogP contribution in [0, 0.1) is 6.92 Å². The third kappa shape index (κ3) is 3.11. The largest absolute Gasteiger partial charge is 0.298 e. The van der Waals surface area contributed by atoms with E-state index in [2.05, 4.69) is 31.0 Å². The number of hydrogen-bond acceptors (Lipinski definition) is 3. The maximum atomic E-state index is 12.3. The summed E-state index contributed by atoms with van der Waals surface area (Å²) >= 11 is 1.89. The molecule has 1 unspecified atom stereocenters. The van der Waals surface area contributed by atoms with E-state index in [1.54, 1.807) is 0 Å². The summed E-state index contributed by atoms with van der Waals surface area (Å²) in [7, 11) is 2.06. The van der Waals surface area contributed by atoms with Gasteiger partial charge >= 0.3 is 0 Å². The van der Waals surface area contributed by atoms with Crippen molar-refractivity contribution in [3.05, 3.63) is 35.4 Å². The standard InChI is InChI=1S/C14H19NOS/c1-11-5-3-4-6-12(11)9-14(16)13-10-17-8-7-15(13)2/h3-6,13H,7-10H2,1-2H3. The topological polar surface area (TPSA) is 20.3 Å². The molecule has 2 rings (SSSR count). The van der Waals surface area contributed by atoms with Crippen molar-refractivity contribution in [2.24, 2.45) is 0 Å². The fraction of sp³-hybridized carbons (Fsp3) is 0.500. The van der Waals surface area contributed by atoms with Crippen LogP contribution >= 0.6 is 11.8 Å². The summed E-state index contributed by atoms with van der Waals surface area (Å²) in [5.41, 5.74) is 2.38. The number of aryl methyl sites for hydroxylation is 1. The molecule has 3 heteroatoms. The molecule has 0 saturated carbocycles. The molecule has 92 valence electrons. The van der Waals surface area contributed by atoms with Crippen LogP contribution in [0.3, 0.4) is 0 Å². The molecule has 0 radical (unpaired) electrons. The van der Waals surface area contributed by atoms with Gasteiger partial charge in [0.25, 0.3) is 0 Å². The van der Waals surface area contributed by atoms with Crippen LogP contribution in [0.1, 0.15) is 11.1 Å². The Kier molecular flexibility index (Phi) is 4.24. The minimum atomic E-state index is 0.105. The normalized spacial score (nSPS) is 21.4. The van der Waals surface area contributed by atoms with Crippen molar-refractivity contribution in [1.29, 1.82) is 0 Å². The van der Waals surface area contributed by atoms with Gasteiger partial charge in [0.15, 0.2) is 5.78 Å². The Morgan fingerprint density at radius 2 is 2.24 bits per heavy atom. The Hall–Kier alpha value is -0.800. The summed E-state index contributed by atoms with van der Waals surface area (Å²) in [4.78, 5) is 14.5. The van der Waals surface area contributed by atoms with Crippen molar-refractivity contribution in [3.8, 4) is 0 Å². The Morgan fingerprint density at radius 3 is 2.94 bits per heavy atom. The highest BCUT2D eigenvalue weighted by atomic mass is 32.2. The minimum Gasteiger partial charge on any atom is -0.298 e. The summed E-state index contributed by atoms with van der Waals surface area (Å²) in [6.45, 7) is 3.09. The number of hydrogen-bond donors (Lipinski definition) is 0. The van der Waals surface area contributed by atoms with Crippen molar-refractivity contribution in [2.45, 2.75) is 19.4 Å². The lowest BCUT2D eigenvalue weighted by Crippen LogP contribution is -2.45. The quantitative estimate of drug-likeness (QED) is 0.819. The van der Waals surface area contributed by atoms with Crippen LogP contribution < -0.4 is 0 Å². The molecular formula is C14H19NOS. The van der Waals surface area contributed by atoms with Gasteiger partial charge in [0.1, 0.15) is 0 Å². The van der Waals surface area contributed by atoms with E-state index in [1.165, 1.54) is 11.1 Å². The first kappa shape index (κ1) is 12.7. The predicted molar refractivity (Wildman–Crippen MR) is 73.6 cm³/mol. The van der Waals surface area contributed by atoms with Gasteiger partial charge in [0, 0.05) is 24.5 Å². The van der Waals surface area contributed by atoms with E-state index < -0.39 is 0 Å². The van der Waals surface area contributed by atoms with E-state index in [4.69, 9.17) is 0 Å². The molecule has 0 aliphatic carbocycles. The van der Waals surface area contributed by atoms with Crippen molar-refractivity contribution in [1.82, 2.24) is 4.90 Å². The smallest absolute Gasteiger partial charge is 0.155 e. The summed E-state index contributed by atoms with van der Waals surface area (Å²) in [6, 6.07) is 8.26. The lowest BCUT2D eigenvalue weighted by molar-refractivity contribution is -0.122. The average Bonchev–Trinajstić information content (AvgIpc) is 2.32. The van der Waals surface area contributed by atoms with E-state index in [9.17, 15) is 4.79 Å². The summed E-state index contributed by atoms with van der Waals surface area (Å²) in [5.74, 6) is 2.44. The molecule has 1 aromatic carbocycles. The fourth-order valence-corrected chi connectivity index (χ4v) is 3.39. The van der Waals surface area contributed by atoms with Gasteiger partial charge in [0.2, 0.25) is 0 Å². The zero-order chi connectivity index (χ0) is 12.3. The number of rotatable bonds is 3. The first-order valence-electron chi connectivity index (χ1n) is 6.03. The highest BCUT2D eigenvalue weighted by Crippen LogP contribution is 2.18. The second-order valence-electron chi connectivity index (χ2n) is 4.64. The van der Waals surface area contributed by atoms with Crippen LogP contribution in [0.4, 0.5) is 0 Å². The van der Waals surface area contributed by atoms with E-state index in [1.807, 2.05) is 23.9 Å². The Morgan fingerprint density at radius 1 is 1.47 bits per heavy atom. The molecule has 1 saturated heterocycles. The highest BCUT2D eigenvalue weighted by Gasteiger charge is 2.26. The second kappa shape index (κ2) is 5.69. The van der Waals surface area contributed by atoms with Crippen molar-refractivity contribution < 1.29 is 4.79 Å². The average molecular weight is 249 g/mol.